The molecular formula is C6H14N2O4S. The Labute approximate surface area is 77.5 Å². The molecule has 0 saturated heterocycles. The van der Waals surface area contributed by atoms with Crippen LogP contribution in [0.5, 0.6) is 0 Å². The maximum Gasteiger partial charge on any atom is 0.324 e. The zero-order valence-corrected chi connectivity index (χ0v) is 8.60. The van der Waals surface area contributed by atoms with Gasteiger partial charge in [0.05, 0.1) is 0 Å². The standard InChI is InChI=1S/C6H14N2O4S/c1-4-7-13(11,12)8-6(2,3)5(9)10/h7-8H,4H2,1-3H3,(H,9,10). The van der Waals surface area contributed by atoms with Crippen LogP contribution in [0.25, 0.3) is 0 Å². The smallest absolute Gasteiger partial charge is 0.324 e. The second-order valence-electron chi connectivity index (χ2n) is 3.03. The molecule has 0 aliphatic heterocycles. The number of aliphatic carboxylic acids is 1. The molecule has 78 valence electrons. The first-order chi connectivity index (χ1) is 5.71. The van der Waals surface area contributed by atoms with Gasteiger partial charge in [-0.15, -0.1) is 0 Å². The van der Waals surface area contributed by atoms with Crippen LogP contribution in [0.4, 0.5) is 0 Å². The van der Waals surface area contributed by atoms with Gasteiger partial charge in [-0.3, -0.25) is 4.79 Å². The maximum atomic E-state index is 11.1. The maximum absolute atomic E-state index is 11.1. The SMILES string of the molecule is CCNS(=O)(=O)NC(C)(C)C(=O)O. The normalized spacial score (nSPS) is 12.8. The van der Waals surface area contributed by atoms with Gasteiger partial charge in [0, 0.05) is 6.54 Å². The Kier molecular flexibility index (Phi) is 3.83. The lowest BCUT2D eigenvalue weighted by Gasteiger charge is -2.20. The van der Waals surface area contributed by atoms with Crippen LogP contribution in [0.1, 0.15) is 20.8 Å². The van der Waals surface area contributed by atoms with Crippen molar-refractivity contribution in [3.05, 3.63) is 0 Å². The fourth-order valence-corrected chi connectivity index (χ4v) is 1.82. The zero-order chi connectivity index (χ0) is 10.7. The minimum absolute atomic E-state index is 0.213. The van der Waals surface area contributed by atoms with Gasteiger partial charge in [0.25, 0.3) is 10.2 Å². The Balaban J connectivity index is 4.53. The molecule has 13 heavy (non-hydrogen) atoms. The molecule has 7 heteroatoms. The van der Waals surface area contributed by atoms with Gasteiger partial charge >= 0.3 is 5.97 Å². The largest absolute Gasteiger partial charge is 0.480 e. The third kappa shape index (κ3) is 4.20. The van der Waals surface area contributed by atoms with Crippen molar-refractivity contribution in [3.8, 4) is 0 Å². The van der Waals surface area contributed by atoms with E-state index in [-0.39, 0.29) is 6.54 Å². The molecular weight excluding hydrogens is 196 g/mol. The highest BCUT2D eigenvalue weighted by Gasteiger charge is 2.31. The Morgan fingerprint density at radius 1 is 1.46 bits per heavy atom. The van der Waals surface area contributed by atoms with Gasteiger partial charge in [0.2, 0.25) is 0 Å². The predicted molar refractivity (Wildman–Crippen MR) is 47.4 cm³/mol. The molecule has 0 unspecified atom stereocenters. The van der Waals surface area contributed by atoms with Crippen molar-refractivity contribution in [2.45, 2.75) is 26.3 Å². The Morgan fingerprint density at radius 3 is 2.23 bits per heavy atom. The summed E-state index contributed by atoms with van der Waals surface area (Å²) >= 11 is 0. The van der Waals surface area contributed by atoms with Crippen molar-refractivity contribution in [1.29, 1.82) is 0 Å². The molecule has 0 rings (SSSR count). The van der Waals surface area contributed by atoms with Crippen molar-refractivity contribution in [2.24, 2.45) is 0 Å². The van der Waals surface area contributed by atoms with E-state index in [1.807, 2.05) is 4.72 Å². The molecule has 0 aromatic heterocycles. The van der Waals surface area contributed by atoms with Crippen LogP contribution < -0.4 is 9.44 Å². The van der Waals surface area contributed by atoms with E-state index < -0.39 is 21.7 Å². The van der Waals surface area contributed by atoms with Crippen LogP contribution in [0.2, 0.25) is 0 Å². The zero-order valence-electron chi connectivity index (χ0n) is 7.79. The molecule has 0 fully saturated rings. The van der Waals surface area contributed by atoms with E-state index >= 15 is 0 Å². The summed E-state index contributed by atoms with van der Waals surface area (Å²) < 4.78 is 26.3. The van der Waals surface area contributed by atoms with Gasteiger partial charge in [0.15, 0.2) is 0 Å². The second-order valence-corrected chi connectivity index (χ2v) is 4.53. The van der Waals surface area contributed by atoms with Crippen LogP contribution in [0.15, 0.2) is 0 Å². The molecule has 0 bridgehead atoms. The first-order valence-electron chi connectivity index (χ1n) is 3.73. The molecule has 0 aliphatic carbocycles. The Morgan fingerprint density at radius 2 is 1.92 bits per heavy atom. The second kappa shape index (κ2) is 4.03. The van der Waals surface area contributed by atoms with E-state index in [0.717, 1.165) is 0 Å². The number of rotatable bonds is 5. The summed E-state index contributed by atoms with van der Waals surface area (Å²) in [6.07, 6.45) is 0. The summed E-state index contributed by atoms with van der Waals surface area (Å²) in [6.45, 7) is 4.35. The molecule has 0 aliphatic rings. The Bertz CT molecular complexity index is 283. The third-order valence-corrected chi connectivity index (χ3v) is 2.71. The summed E-state index contributed by atoms with van der Waals surface area (Å²) in [5.41, 5.74) is -1.50. The van der Waals surface area contributed by atoms with Gasteiger partial charge in [-0.25, -0.2) is 4.72 Å². The fourth-order valence-electron chi connectivity index (χ4n) is 0.606. The molecule has 0 atom stereocenters. The number of hydrogen-bond donors (Lipinski definition) is 3. The van der Waals surface area contributed by atoms with Crippen molar-refractivity contribution in [1.82, 2.24) is 9.44 Å². The van der Waals surface area contributed by atoms with E-state index in [1.165, 1.54) is 13.8 Å². The quantitative estimate of drug-likeness (QED) is 0.558. The van der Waals surface area contributed by atoms with Crippen molar-refractivity contribution in [3.63, 3.8) is 0 Å². The van der Waals surface area contributed by atoms with Gasteiger partial charge in [-0.05, 0) is 13.8 Å². The van der Waals surface area contributed by atoms with Gasteiger partial charge in [-0.1, -0.05) is 6.92 Å². The average molecular weight is 210 g/mol. The van der Waals surface area contributed by atoms with Crippen LogP contribution in [0.3, 0.4) is 0 Å². The number of carboxylic acid groups (broad SMARTS) is 1. The van der Waals surface area contributed by atoms with Crippen LogP contribution >= 0.6 is 0 Å². The van der Waals surface area contributed by atoms with E-state index in [9.17, 15) is 13.2 Å². The van der Waals surface area contributed by atoms with Gasteiger partial charge in [0.1, 0.15) is 5.54 Å². The van der Waals surface area contributed by atoms with Gasteiger partial charge < -0.3 is 5.11 Å². The monoisotopic (exact) mass is 210 g/mol. The predicted octanol–water partition coefficient (Wildman–Crippen LogP) is -0.706. The molecule has 0 radical (unpaired) electrons. The minimum Gasteiger partial charge on any atom is -0.480 e. The number of carbonyl (C=O) groups is 1. The summed E-state index contributed by atoms with van der Waals surface area (Å²) in [5.74, 6) is -1.23. The minimum atomic E-state index is -3.72. The number of nitrogens with one attached hydrogen (secondary N) is 2. The third-order valence-electron chi connectivity index (χ3n) is 1.26. The molecule has 6 nitrogen and oxygen atoms in total. The lowest BCUT2D eigenvalue weighted by atomic mass is 10.1. The lowest BCUT2D eigenvalue weighted by molar-refractivity contribution is -0.142. The molecule has 0 heterocycles. The van der Waals surface area contributed by atoms with E-state index in [1.54, 1.807) is 6.92 Å². The van der Waals surface area contributed by atoms with E-state index in [0.29, 0.717) is 0 Å². The summed E-state index contributed by atoms with van der Waals surface area (Å²) in [7, 11) is -3.72. The van der Waals surface area contributed by atoms with Crippen LogP contribution in [-0.2, 0) is 15.0 Å². The molecule has 0 saturated carbocycles. The topological polar surface area (TPSA) is 95.5 Å². The highest BCUT2D eigenvalue weighted by atomic mass is 32.2. The summed E-state index contributed by atoms with van der Waals surface area (Å²) in [4.78, 5) is 10.5. The highest BCUT2D eigenvalue weighted by Crippen LogP contribution is 2.02. The number of hydrogen-bond acceptors (Lipinski definition) is 3. The van der Waals surface area contributed by atoms with Crippen molar-refractivity contribution in [2.75, 3.05) is 6.54 Å². The summed E-state index contributed by atoms with van der Waals surface area (Å²) in [5, 5.41) is 8.62. The van der Waals surface area contributed by atoms with Crippen molar-refractivity contribution >= 4 is 16.2 Å². The average Bonchev–Trinajstić information content (AvgIpc) is 1.83. The van der Waals surface area contributed by atoms with Gasteiger partial charge in [-0.2, -0.15) is 13.1 Å². The molecule has 0 spiro atoms. The van der Waals surface area contributed by atoms with Crippen molar-refractivity contribution < 1.29 is 18.3 Å². The van der Waals surface area contributed by atoms with Crippen LogP contribution in [-0.4, -0.2) is 31.6 Å². The Hall–Kier alpha value is -0.660. The lowest BCUT2D eigenvalue weighted by Crippen LogP contribution is -2.53. The fraction of sp³-hybridized carbons (Fsp3) is 0.833. The number of carboxylic acids is 1. The molecule has 0 aromatic rings. The first-order valence-corrected chi connectivity index (χ1v) is 5.21. The first kappa shape index (κ1) is 12.3. The van der Waals surface area contributed by atoms with E-state index in [4.69, 9.17) is 5.11 Å². The van der Waals surface area contributed by atoms with E-state index in [2.05, 4.69) is 4.72 Å². The highest BCUT2D eigenvalue weighted by molar-refractivity contribution is 7.87. The summed E-state index contributed by atoms with van der Waals surface area (Å²) in [6, 6.07) is 0. The molecule has 0 amide bonds. The molecule has 0 aromatic carbocycles. The molecule has 3 N–H and O–H groups in total. The van der Waals surface area contributed by atoms with Crippen LogP contribution in [0, 0.1) is 0 Å².